The zero-order valence-electron chi connectivity index (χ0n) is 10.8. The van der Waals surface area contributed by atoms with Gasteiger partial charge in [0.1, 0.15) is 5.92 Å². The number of urea groups is 1. The summed E-state index contributed by atoms with van der Waals surface area (Å²) in [4.78, 5) is 47.6. The van der Waals surface area contributed by atoms with Crippen molar-refractivity contribution >= 4 is 23.8 Å². The van der Waals surface area contributed by atoms with Gasteiger partial charge in [-0.25, -0.2) is 4.79 Å². The molecule has 2 N–H and O–H groups in total. The van der Waals surface area contributed by atoms with Crippen LogP contribution in [-0.4, -0.2) is 41.2 Å². The van der Waals surface area contributed by atoms with Gasteiger partial charge in [-0.3, -0.25) is 24.6 Å². The van der Waals surface area contributed by atoms with E-state index in [2.05, 4.69) is 10.6 Å². The van der Waals surface area contributed by atoms with E-state index in [9.17, 15) is 19.2 Å². The van der Waals surface area contributed by atoms with E-state index >= 15 is 0 Å². The van der Waals surface area contributed by atoms with Gasteiger partial charge in [-0.1, -0.05) is 13.3 Å². The third-order valence-electron chi connectivity index (χ3n) is 3.42. The first kappa shape index (κ1) is 13.5. The number of nitrogens with one attached hydrogen (secondary N) is 2. The molecular formula is C12H17N3O4. The quantitative estimate of drug-likeness (QED) is 0.687. The summed E-state index contributed by atoms with van der Waals surface area (Å²) < 4.78 is 0. The molecule has 2 heterocycles. The van der Waals surface area contributed by atoms with Crippen LogP contribution in [-0.2, 0) is 14.4 Å². The van der Waals surface area contributed by atoms with E-state index in [4.69, 9.17) is 0 Å². The summed E-state index contributed by atoms with van der Waals surface area (Å²) in [5.74, 6) is -1.85. The van der Waals surface area contributed by atoms with E-state index in [-0.39, 0.29) is 18.5 Å². The number of hydrogen-bond acceptors (Lipinski definition) is 4. The van der Waals surface area contributed by atoms with Crippen LogP contribution in [0.15, 0.2) is 0 Å². The maximum absolute atomic E-state index is 12.1. The summed E-state index contributed by atoms with van der Waals surface area (Å²) in [5, 5.41) is 4.90. The number of amides is 5. The van der Waals surface area contributed by atoms with Gasteiger partial charge in [-0.15, -0.1) is 0 Å². The highest BCUT2D eigenvalue weighted by atomic mass is 16.2. The molecule has 2 fully saturated rings. The molecule has 0 aliphatic carbocycles. The first-order valence-electron chi connectivity index (χ1n) is 6.48. The fourth-order valence-corrected chi connectivity index (χ4v) is 2.41. The van der Waals surface area contributed by atoms with E-state index in [1.165, 1.54) is 0 Å². The van der Waals surface area contributed by atoms with Gasteiger partial charge >= 0.3 is 6.03 Å². The van der Waals surface area contributed by atoms with Crippen LogP contribution in [0, 0.1) is 5.92 Å². The van der Waals surface area contributed by atoms with Crippen LogP contribution < -0.4 is 10.6 Å². The fourth-order valence-electron chi connectivity index (χ4n) is 2.41. The number of hydrogen-bond donors (Lipinski definition) is 2. The summed E-state index contributed by atoms with van der Waals surface area (Å²) in [6, 6.07) is -0.902. The Morgan fingerprint density at radius 3 is 2.58 bits per heavy atom. The Kier molecular flexibility index (Phi) is 3.82. The highest BCUT2D eigenvalue weighted by Gasteiger charge is 2.41. The van der Waals surface area contributed by atoms with Crippen molar-refractivity contribution in [2.24, 2.45) is 5.92 Å². The van der Waals surface area contributed by atoms with E-state index < -0.39 is 23.8 Å². The lowest BCUT2D eigenvalue weighted by molar-refractivity contribution is -0.143. The van der Waals surface area contributed by atoms with Crippen molar-refractivity contribution in [3.05, 3.63) is 0 Å². The maximum Gasteiger partial charge on any atom is 0.330 e. The Balaban J connectivity index is 2.05. The summed E-state index contributed by atoms with van der Waals surface area (Å²) in [6.07, 6.45) is 2.12. The van der Waals surface area contributed by atoms with Gasteiger partial charge in [-0.2, -0.15) is 0 Å². The topological polar surface area (TPSA) is 95.6 Å². The van der Waals surface area contributed by atoms with Crippen LogP contribution in [0.3, 0.4) is 0 Å². The molecule has 0 aromatic carbocycles. The molecule has 2 rings (SSSR count). The summed E-state index contributed by atoms with van der Waals surface area (Å²) >= 11 is 0. The van der Waals surface area contributed by atoms with Crippen molar-refractivity contribution < 1.29 is 19.2 Å². The van der Waals surface area contributed by atoms with Crippen molar-refractivity contribution in [1.29, 1.82) is 0 Å². The molecule has 104 valence electrons. The molecule has 2 aliphatic rings. The van der Waals surface area contributed by atoms with Crippen LogP contribution in [0.2, 0.25) is 0 Å². The number of carbonyl (C=O) groups excluding carboxylic acids is 4. The van der Waals surface area contributed by atoms with Crippen LogP contribution in [0.4, 0.5) is 4.79 Å². The largest absolute Gasteiger partial charge is 0.352 e. The van der Waals surface area contributed by atoms with Crippen molar-refractivity contribution in [3.8, 4) is 0 Å². The van der Waals surface area contributed by atoms with E-state index in [0.29, 0.717) is 25.7 Å². The van der Waals surface area contributed by atoms with Gasteiger partial charge in [0.05, 0.1) is 6.54 Å². The number of rotatable bonds is 4. The molecule has 0 aromatic heterocycles. The second-order valence-corrected chi connectivity index (χ2v) is 4.89. The molecule has 7 heteroatoms. The van der Waals surface area contributed by atoms with Crippen molar-refractivity contribution in [2.45, 2.75) is 38.6 Å². The highest BCUT2D eigenvalue weighted by molar-refractivity contribution is 6.16. The Bertz CT molecular complexity index is 435. The van der Waals surface area contributed by atoms with Crippen LogP contribution >= 0.6 is 0 Å². The lowest BCUT2D eigenvalue weighted by atomic mass is 9.99. The molecule has 0 aromatic rings. The smallest absolute Gasteiger partial charge is 0.330 e. The summed E-state index contributed by atoms with van der Waals surface area (Å²) in [7, 11) is 0. The average Bonchev–Trinajstić information content (AvgIpc) is 2.76. The first-order chi connectivity index (χ1) is 9.02. The van der Waals surface area contributed by atoms with Gasteiger partial charge < -0.3 is 5.32 Å². The normalized spacial score (nSPS) is 27.5. The second-order valence-electron chi connectivity index (χ2n) is 4.89. The van der Waals surface area contributed by atoms with Crippen LogP contribution in [0.25, 0.3) is 0 Å². The van der Waals surface area contributed by atoms with E-state index in [0.717, 1.165) is 4.90 Å². The molecular weight excluding hydrogens is 250 g/mol. The minimum absolute atomic E-state index is 0.0731. The van der Waals surface area contributed by atoms with Crippen LogP contribution in [0.5, 0.6) is 0 Å². The zero-order valence-corrected chi connectivity index (χ0v) is 10.8. The van der Waals surface area contributed by atoms with E-state index in [1.54, 1.807) is 0 Å². The predicted octanol–water partition coefficient (Wildman–Crippen LogP) is -0.240. The molecule has 2 saturated heterocycles. The standard InChI is InChI=1S/C12H17N3O4/c1-2-3-8-10(17)14-12(19)15(11(8)18)6-7-4-5-9(16)13-7/h7-8H,2-6H2,1H3,(H,13,16)(H,14,17,19). The molecule has 7 nitrogen and oxygen atoms in total. The molecule has 2 aliphatic heterocycles. The fraction of sp³-hybridized carbons (Fsp3) is 0.667. The minimum Gasteiger partial charge on any atom is -0.352 e. The van der Waals surface area contributed by atoms with Crippen molar-refractivity contribution in [2.75, 3.05) is 6.54 Å². The Hall–Kier alpha value is -1.92. The van der Waals surface area contributed by atoms with E-state index in [1.807, 2.05) is 6.92 Å². The third kappa shape index (κ3) is 2.74. The highest BCUT2D eigenvalue weighted by Crippen LogP contribution is 2.18. The first-order valence-corrected chi connectivity index (χ1v) is 6.48. The third-order valence-corrected chi connectivity index (χ3v) is 3.42. The maximum atomic E-state index is 12.1. The molecule has 5 amide bonds. The number of nitrogens with zero attached hydrogens (tertiary/aromatic N) is 1. The minimum atomic E-state index is -0.792. The lowest BCUT2D eigenvalue weighted by Crippen LogP contribution is -2.60. The lowest BCUT2D eigenvalue weighted by Gasteiger charge is -2.31. The Labute approximate surface area is 110 Å². The van der Waals surface area contributed by atoms with Gasteiger partial charge in [0, 0.05) is 12.5 Å². The molecule has 19 heavy (non-hydrogen) atoms. The molecule has 2 unspecified atom stereocenters. The SMILES string of the molecule is CCCC1C(=O)NC(=O)N(CC2CCC(=O)N2)C1=O. The Morgan fingerprint density at radius 2 is 2.00 bits per heavy atom. The summed E-state index contributed by atoms with van der Waals surface area (Å²) in [6.45, 7) is 2.00. The van der Waals surface area contributed by atoms with Gasteiger partial charge in [-0.05, 0) is 12.8 Å². The molecule has 0 saturated carbocycles. The monoisotopic (exact) mass is 267 g/mol. The van der Waals surface area contributed by atoms with Gasteiger partial charge in [0.2, 0.25) is 17.7 Å². The van der Waals surface area contributed by atoms with Crippen LogP contribution in [0.1, 0.15) is 32.6 Å². The molecule has 0 spiro atoms. The number of carbonyl (C=O) groups is 4. The molecule has 2 atom stereocenters. The average molecular weight is 267 g/mol. The summed E-state index contributed by atoms with van der Waals surface area (Å²) in [5.41, 5.74) is 0. The number of imide groups is 2. The molecule has 0 bridgehead atoms. The van der Waals surface area contributed by atoms with Gasteiger partial charge in [0.15, 0.2) is 0 Å². The predicted molar refractivity (Wildman–Crippen MR) is 64.8 cm³/mol. The van der Waals surface area contributed by atoms with Crippen molar-refractivity contribution in [1.82, 2.24) is 15.5 Å². The zero-order chi connectivity index (χ0) is 14.0. The van der Waals surface area contributed by atoms with Gasteiger partial charge in [0.25, 0.3) is 0 Å². The second kappa shape index (κ2) is 5.38. The number of barbiturate groups is 1. The van der Waals surface area contributed by atoms with Crippen molar-refractivity contribution in [3.63, 3.8) is 0 Å². The molecule has 0 radical (unpaired) electrons. The Morgan fingerprint density at radius 1 is 1.26 bits per heavy atom.